The third-order valence-electron chi connectivity index (χ3n) is 3.31. The van der Waals surface area contributed by atoms with Gasteiger partial charge in [0.2, 0.25) is 0 Å². The molecule has 20 heavy (non-hydrogen) atoms. The van der Waals surface area contributed by atoms with Crippen molar-refractivity contribution < 1.29 is 9.15 Å². The number of nitrogens with one attached hydrogen (secondary N) is 1. The molecule has 1 aromatic heterocycles. The highest BCUT2D eigenvalue weighted by atomic mass is 79.9. The van der Waals surface area contributed by atoms with Crippen LogP contribution in [-0.2, 0) is 6.54 Å². The van der Waals surface area contributed by atoms with Gasteiger partial charge in [0.1, 0.15) is 17.3 Å². The van der Waals surface area contributed by atoms with E-state index >= 15 is 0 Å². The van der Waals surface area contributed by atoms with Crippen molar-refractivity contribution >= 4 is 31.9 Å². The molecule has 0 atom stereocenters. The van der Waals surface area contributed by atoms with Crippen LogP contribution in [-0.4, -0.2) is 13.2 Å². The zero-order valence-corrected chi connectivity index (χ0v) is 14.3. The predicted molar refractivity (Wildman–Crippen MR) is 86.0 cm³/mol. The van der Waals surface area contributed by atoms with Crippen molar-refractivity contribution in [3.8, 4) is 17.1 Å². The lowest BCUT2D eigenvalue weighted by Crippen LogP contribution is -2.14. The Morgan fingerprint density at radius 1 is 1.25 bits per heavy atom. The highest BCUT2D eigenvalue weighted by Crippen LogP contribution is 2.37. The molecule has 0 aliphatic heterocycles. The number of halogens is 2. The Balaban J connectivity index is 1.84. The zero-order valence-electron chi connectivity index (χ0n) is 11.1. The molecule has 3 rings (SSSR count). The van der Waals surface area contributed by atoms with Crippen molar-refractivity contribution in [2.75, 3.05) is 7.11 Å². The third kappa shape index (κ3) is 3.10. The van der Waals surface area contributed by atoms with E-state index in [0.29, 0.717) is 6.04 Å². The number of hydrogen-bond donors (Lipinski definition) is 1. The Morgan fingerprint density at radius 3 is 2.75 bits per heavy atom. The van der Waals surface area contributed by atoms with Crippen LogP contribution >= 0.6 is 31.9 Å². The lowest BCUT2D eigenvalue weighted by atomic mass is 10.1. The van der Waals surface area contributed by atoms with Gasteiger partial charge in [0.05, 0.1) is 18.1 Å². The molecule has 0 radical (unpaired) electrons. The molecule has 1 N–H and O–H groups in total. The smallest absolute Gasteiger partial charge is 0.135 e. The second kappa shape index (κ2) is 5.92. The molecule has 0 amide bonds. The normalized spacial score (nSPS) is 14.6. The Bertz CT molecular complexity index is 620. The van der Waals surface area contributed by atoms with Crippen molar-refractivity contribution in [2.24, 2.45) is 0 Å². The van der Waals surface area contributed by atoms with Crippen LogP contribution in [0.1, 0.15) is 18.6 Å². The summed E-state index contributed by atoms with van der Waals surface area (Å²) >= 11 is 7.04. The molecular formula is C15H15Br2NO2. The minimum absolute atomic E-state index is 0.683. The number of ether oxygens (including phenoxy) is 1. The van der Waals surface area contributed by atoms with E-state index in [4.69, 9.17) is 9.15 Å². The van der Waals surface area contributed by atoms with Crippen molar-refractivity contribution in [3.63, 3.8) is 0 Å². The summed E-state index contributed by atoms with van der Waals surface area (Å²) in [7, 11) is 1.66. The second-order valence-corrected chi connectivity index (χ2v) is 6.60. The summed E-state index contributed by atoms with van der Waals surface area (Å²) in [6, 6.07) is 8.63. The summed E-state index contributed by atoms with van der Waals surface area (Å²) in [5.74, 6) is 2.59. The van der Waals surface area contributed by atoms with Gasteiger partial charge in [-0.1, -0.05) is 0 Å². The molecule has 0 saturated heterocycles. The van der Waals surface area contributed by atoms with Gasteiger partial charge in [0.25, 0.3) is 0 Å². The van der Waals surface area contributed by atoms with Crippen LogP contribution in [0.5, 0.6) is 5.75 Å². The van der Waals surface area contributed by atoms with Gasteiger partial charge in [-0.05, 0) is 69.0 Å². The molecule has 1 aromatic carbocycles. The van der Waals surface area contributed by atoms with E-state index in [0.717, 1.165) is 38.3 Å². The molecule has 0 bridgehead atoms. The van der Waals surface area contributed by atoms with Crippen LogP contribution in [0.4, 0.5) is 0 Å². The standard InChI is InChI=1S/C15H15Br2NO2/c1-19-15-6-11(12(16)7-13(15)17)14-5-4-10(20-14)8-18-9-2-3-9/h4-7,9,18H,2-3,8H2,1H3. The van der Waals surface area contributed by atoms with Gasteiger partial charge in [0, 0.05) is 16.1 Å². The summed E-state index contributed by atoms with van der Waals surface area (Å²) in [4.78, 5) is 0. The molecule has 1 aliphatic rings. The van der Waals surface area contributed by atoms with Gasteiger partial charge < -0.3 is 14.5 Å². The number of hydrogen-bond acceptors (Lipinski definition) is 3. The SMILES string of the molecule is COc1cc(-c2ccc(CNC3CC3)o2)c(Br)cc1Br. The summed E-state index contributed by atoms with van der Waals surface area (Å²) in [6.45, 7) is 0.788. The van der Waals surface area contributed by atoms with Gasteiger partial charge in [-0.15, -0.1) is 0 Å². The summed E-state index contributed by atoms with van der Waals surface area (Å²) in [6.07, 6.45) is 2.56. The fraction of sp³-hybridized carbons (Fsp3) is 0.333. The molecule has 106 valence electrons. The molecule has 1 saturated carbocycles. The molecule has 3 nitrogen and oxygen atoms in total. The van der Waals surface area contributed by atoms with Crippen LogP contribution < -0.4 is 10.1 Å². The second-order valence-electron chi connectivity index (χ2n) is 4.89. The Morgan fingerprint density at radius 2 is 2.05 bits per heavy atom. The van der Waals surface area contributed by atoms with E-state index in [9.17, 15) is 0 Å². The first kappa shape index (κ1) is 14.2. The van der Waals surface area contributed by atoms with Crippen LogP contribution in [0.15, 0.2) is 37.6 Å². The van der Waals surface area contributed by atoms with Crippen LogP contribution in [0.2, 0.25) is 0 Å². The van der Waals surface area contributed by atoms with Crippen LogP contribution in [0.3, 0.4) is 0 Å². The van der Waals surface area contributed by atoms with Gasteiger partial charge in [-0.3, -0.25) is 0 Å². The van der Waals surface area contributed by atoms with Gasteiger partial charge in [-0.25, -0.2) is 0 Å². The van der Waals surface area contributed by atoms with Crippen LogP contribution in [0, 0.1) is 0 Å². The first-order valence-electron chi connectivity index (χ1n) is 6.53. The lowest BCUT2D eigenvalue weighted by Gasteiger charge is -2.08. The average molecular weight is 401 g/mol. The van der Waals surface area contributed by atoms with Crippen LogP contribution in [0.25, 0.3) is 11.3 Å². The molecule has 5 heteroatoms. The van der Waals surface area contributed by atoms with Gasteiger partial charge >= 0.3 is 0 Å². The quantitative estimate of drug-likeness (QED) is 0.787. The monoisotopic (exact) mass is 399 g/mol. The maximum absolute atomic E-state index is 5.90. The van der Waals surface area contributed by atoms with Crippen molar-refractivity contribution in [1.29, 1.82) is 0 Å². The third-order valence-corrected chi connectivity index (χ3v) is 4.59. The summed E-state index contributed by atoms with van der Waals surface area (Å²) < 4.78 is 13.1. The fourth-order valence-corrected chi connectivity index (χ4v) is 3.38. The summed E-state index contributed by atoms with van der Waals surface area (Å²) in [5, 5.41) is 3.45. The minimum Gasteiger partial charge on any atom is -0.496 e. The van der Waals surface area contributed by atoms with E-state index in [2.05, 4.69) is 37.2 Å². The van der Waals surface area contributed by atoms with E-state index in [1.54, 1.807) is 7.11 Å². The number of methoxy groups -OCH3 is 1. The molecule has 1 fully saturated rings. The first-order valence-corrected chi connectivity index (χ1v) is 8.11. The Kier molecular flexibility index (Phi) is 4.19. The fourth-order valence-electron chi connectivity index (χ4n) is 2.02. The number of furan rings is 1. The van der Waals surface area contributed by atoms with Crippen molar-refractivity contribution in [3.05, 3.63) is 39.0 Å². The Hall–Kier alpha value is -0.780. The van der Waals surface area contributed by atoms with Gasteiger partial charge in [-0.2, -0.15) is 0 Å². The lowest BCUT2D eigenvalue weighted by molar-refractivity contribution is 0.412. The van der Waals surface area contributed by atoms with Crippen molar-refractivity contribution in [1.82, 2.24) is 5.32 Å². The zero-order chi connectivity index (χ0) is 14.1. The van der Waals surface area contributed by atoms with E-state index in [1.807, 2.05) is 24.3 Å². The highest BCUT2D eigenvalue weighted by Gasteiger charge is 2.20. The Labute approximate surface area is 135 Å². The van der Waals surface area contributed by atoms with E-state index < -0.39 is 0 Å². The van der Waals surface area contributed by atoms with Gasteiger partial charge in [0.15, 0.2) is 0 Å². The maximum atomic E-state index is 5.90. The van der Waals surface area contributed by atoms with E-state index in [-0.39, 0.29) is 0 Å². The average Bonchev–Trinajstić information content (AvgIpc) is 3.15. The minimum atomic E-state index is 0.683. The molecular weight excluding hydrogens is 386 g/mol. The number of benzene rings is 1. The highest BCUT2D eigenvalue weighted by molar-refractivity contribution is 9.11. The first-order chi connectivity index (χ1) is 9.67. The molecule has 2 aromatic rings. The molecule has 1 aliphatic carbocycles. The summed E-state index contributed by atoms with van der Waals surface area (Å²) in [5.41, 5.74) is 0.989. The van der Waals surface area contributed by atoms with Crippen molar-refractivity contribution in [2.45, 2.75) is 25.4 Å². The van der Waals surface area contributed by atoms with E-state index in [1.165, 1.54) is 12.8 Å². The molecule has 0 unspecified atom stereocenters. The topological polar surface area (TPSA) is 34.4 Å². The maximum Gasteiger partial charge on any atom is 0.135 e. The predicted octanol–water partition coefficient (Wildman–Crippen LogP) is 4.73. The molecule has 1 heterocycles. The molecule has 0 spiro atoms. The number of rotatable bonds is 5. The largest absolute Gasteiger partial charge is 0.496 e.